The summed E-state index contributed by atoms with van der Waals surface area (Å²) in [6, 6.07) is 4.75. The van der Waals surface area contributed by atoms with Crippen molar-refractivity contribution in [1.29, 1.82) is 0 Å². The van der Waals surface area contributed by atoms with Gasteiger partial charge < -0.3 is 10.5 Å². The van der Waals surface area contributed by atoms with Crippen LogP contribution in [0.4, 0.5) is 0 Å². The van der Waals surface area contributed by atoms with Crippen LogP contribution in [0.5, 0.6) is 5.75 Å². The Labute approximate surface area is 135 Å². The molecule has 0 aliphatic carbocycles. The van der Waals surface area contributed by atoms with Gasteiger partial charge in [-0.1, -0.05) is 20.8 Å². The van der Waals surface area contributed by atoms with E-state index in [0.717, 1.165) is 0 Å². The second kappa shape index (κ2) is 7.09. The van der Waals surface area contributed by atoms with Crippen molar-refractivity contribution in [3.63, 3.8) is 0 Å². The number of methoxy groups -OCH3 is 1. The zero-order chi connectivity index (χ0) is 16.3. The molecule has 0 spiro atoms. The van der Waals surface area contributed by atoms with Gasteiger partial charge in [-0.15, -0.1) is 0 Å². The molecule has 0 atom stereocenters. The third-order valence-corrected chi connectivity index (χ3v) is 5.81. The van der Waals surface area contributed by atoms with Crippen molar-refractivity contribution in [3.8, 4) is 5.75 Å². The molecule has 0 unspecified atom stereocenters. The van der Waals surface area contributed by atoms with Crippen LogP contribution < -0.4 is 10.5 Å². The van der Waals surface area contributed by atoms with Gasteiger partial charge in [0.2, 0.25) is 10.0 Å². The molecule has 0 fully saturated rings. The normalized spacial score (nSPS) is 12.7. The summed E-state index contributed by atoms with van der Waals surface area (Å²) in [7, 11) is -2.01. The molecule has 0 bridgehead atoms. The van der Waals surface area contributed by atoms with E-state index in [1.165, 1.54) is 11.4 Å². The molecule has 0 heterocycles. The fourth-order valence-electron chi connectivity index (χ4n) is 1.87. The second-order valence-electron chi connectivity index (χ2n) is 5.60. The van der Waals surface area contributed by atoms with Crippen molar-refractivity contribution in [2.75, 3.05) is 26.7 Å². The molecule has 0 saturated heterocycles. The number of rotatable bonds is 7. The van der Waals surface area contributed by atoms with Crippen LogP contribution in [0.1, 0.15) is 20.8 Å². The van der Waals surface area contributed by atoms with Crippen molar-refractivity contribution in [3.05, 3.63) is 22.7 Å². The zero-order valence-electron chi connectivity index (χ0n) is 12.9. The van der Waals surface area contributed by atoms with E-state index in [2.05, 4.69) is 15.9 Å². The van der Waals surface area contributed by atoms with Crippen molar-refractivity contribution in [2.45, 2.75) is 25.7 Å². The Morgan fingerprint density at radius 2 is 2.00 bits per heavy atom. The van der Waals surface area contributed by atoms with E-state index in [4.69, 9.17) is 10.5 Å². The molecule has 0 aliphatic rings. The SMILES string of the molecule is CCN(CC(C)(C)CN)S(=O)(=O)c1ccc(OC)c(Br)c1. The van der Waals surface area contributed by atoms with Crippen molar-refractivity contribution >= 4 is 26.0 Å². The molecule has 0 saturated carbocycles. The minimum Gasteiger partial charge on any atom is -0.496 e. The standard InChI is InChI=1S/C14H23BrN2O3S/c1-5-17(10-14(2,3)9-16)21(18,19)11-6-7-13(20-4)12(15)8-11/h6-8H,5,9-10,16H2,1-4H3. The van der Waals surface area contributed by atoms with E-state index in [9.17, 15) is 8.42 Å². The first-order chi connectivity index (χ1) is 9.67. The predicted octanol–water partition coefficient (Wildman–Crippen LogP) is 2.45. The molecule has 120 valence electrons. The molecule has 5 nitrogen and oxygen atoms in total. The van der Waals surface area contributed by atoms with Crippen LogP contribution in [0.15, 0.2) is 27.6 Å². The molecule has 0 radical (unpaired) electrons. The largest absolute Gasteiger partial charge is 0.496 e. The number of ether oxygens (including phenoxy) is 1. The molecule has 2 N–H and O–H groups in total. The van der Waals surface area contributed by atoms with Gasteiger partial charge in [0.05, 0.1) is 16.5 Å². The highest BCUT2D eigenvalue weighted by atomic mass is 79.9. The van der Waals surface area contributed by atoms with E-state index in [1.54, 1.807) is 18.2 Å². The predicted molar refractivity (Wildman–Crippen MR) is 88.0 cm³/mol. The number of sulfonamides is 1. The quantitative estimate of drug-likeness (QED) is 0.790. The van der Waals surface area contributed by atoms with Gasteiger partial charge in [0, 0.05) is 13.1 Å². The molecule has 1 rings (SSSR count). The highest BCUT2D eigenvalue weighted by molar-refractivity contribution is 9.10. The summed E-state index contributed by atoms with van der Waals surface area (Å²) in [4.78, 5) is 0.241. The average molecular weight is 379 g/mol. The summed E-state index contributed by atoms with van der Waals surface area (Å²) in [5, 5.41) is 0. The monoisotopic (exact) mass is 378 g/mol. The minimum absolute atomic E-state index is 0.241. The summed E-state index contributed by atoms with van der Waals surface area (Å²) < 4.78 is 32.7. The molecule has 1 aromatic carbocycles. The highest BCUT2D eigenvalue weighted by Crippen LogP contribution is 2.29. The second-order valence-corrected chi connectivity index (χ2v) is 8.39. The van der Waals surface area contributed by atoms with Crippen molar-refractivity contribution in [2.24, 2.45) is 11.1 Å². The van der Waals surface area contributed by atoms with Crippen LogP contribution in [0.2, 0.25) is 0 Å². The first-order valence-corrected chi connectivity index (χ1v) is 8.95. The van der Waals surface area contributed by atoms with E-state index in [-0.39, 0.29) is 10.3 Å². The lowest BCUT2D eigenvalue weighted by Gasteiger charge is -2.30. The lowest BCUT2D eigenvalue weighted by atomic mass is 9.94. The van der Waals surface area contributed by atoms with Gasteiger partial charge >= 0.3 is 0 Å². The smallest absolute Gasteiger partial charge is 0.243 e. The molecular formula is C14H23BrN2O3S. The van der Waals surface area contributed by atoms with Crippen molar-refractivity contribution in [1.82, 2.24) is 4.31 Å². The van der Waals surface area contributed by atoms with Crippen LogP contribution >= 0.6 is 15.9 Å². The first-order valence-electron chi connectivity index (χ1n) is 6.71. The third kappa shape index (κ3) is 4.42. The van der Waals surface area contributed by atoms with E-state index < -0.39 is 10.0 Å². The Balaban J connectivity index is 3.16. The number of nitrogens with two attached hydrogens (primary N) is 1. The van der Waals surface area contributed by atoms with Gasteiger partial charge in [-0.2, -0.15) is 4.31 Å². The molecule has 7 heteroatoms. The van der Waals surface area contributed by atoms with Crippen LogP contribution in [0.3, 0.4) is 0 Å². The van der Waals surface area contributed by atoms with Crippen molar-refractivity contribution < 1.29 is 13.2 Å². The minimum atomic E-state index is -3.55. The number of hydrogen-bond donors (Lipinski definition) is 1. The van der Waals surface area contributed by atoms with Gasteiger partial charge in [-0.3, -0.25) is 0 Å². The summed E-state index contributed by atoms with van der Waals surface area (Å²) in [6.45, 7) is 6.93. The fourth-order valence-corrected chi connectivity index (χ4v) is 4.22. The summed E-state index contributed by atoms with van der Waals surface area (Å²) in [6.07, 6.45) is 0. The Morgan fingerprint density at radius 1 is 1.38 bits per heavy atom. The van der Waals surface area contributed by atoms with E-state index >= 15 is 0 Å². The third-order valence-electron chi connectivity index (χ3n) is 3.27. The summed E-state index contributed by atoms with van der Waals surface area (Å²) in [5.41, 5.74) is 5.44. The van der Waals surface area contributed by atoms with E-state index in [1.807, 2.05) is 20.8 Å². The Hall–Kier alpha value is -0.630. The van der Waals surface area contributed by atoms with Crippen LogP contribution in [0, 0.1) is 5.41 Å². The Morgan fingerprint density at radius 3 is 2.43 bits per heavy atom. The molecule has 0 aliphatic heterocycles. The fraction of sp³-hybridized carbons (Fsp3) is 0.571. The number of halogens is 1. The Bertz CT molecular complexity index is 588. The first kappa shape index (κ1) is 18.4. The van der Waals surface area contributed by atoms with Crippen LogP contribution in [-0.4, -0.2) is 39.5 Å². The molecule has 21 heavy (non-hydrogen) atoms. The number of nitrogens with zero attached hydrogens (tertiary/aromatic N) is 1. The number of benzene rings is 1. The van der Waals surface area contributed by atoms with Gasteiger partial charge in [0.25, 0.3) is 0 Å². The molecule has 0 amide bonds. The average Bonchev–Trinajstić information content (AvgIpc) is 2.44. The molecule has 1 aromatic rings. The summed E-state index contributed by atoms with van der Waals surface area (Å²) in [5.74, 6) is 0.597. The molecular weight excluding hydrogens is 356 g/mol. The van der Waals surface area contributed by atoms with Gasteiger partial charge in [-0.05, 0) is 46.1 Å². The summed E-state index contributed by atoms with van der Waals surface area (Å²) >= 11 is 3.32. The zero-order valence-corrected chi connectivity index (χ0v) is 15.3. The maximum Gasteiger partial charge on any atom is 0.243 e. The number of hydrogen-bond acceptors (Lipinski definition) is 4. The lowest BCUT2D eigenvalue weighted by molar-refractivity contribution is 0.273. The maximum atomic E-state index is 12.7. The lowest BCUT2D eigenvalue weighted by Crippen LogP contribution is -2.41. The van der Waals surface area contributed by atoms with Gasteiger partial charge in [0.1, 0.15) is 5.75 Å². The van der Waals surface area contributed by atoms with Crippen LogP contribution in [0.25, 0.3) is 0 Å². The highest BCUT2D eigenvalue weighted by Gasteiger charge is 2.29. The van der Waals surface area contributed by atoms with E-state index in [0.29, 0.717) is 29.9 Å². The Kier molecular flexibility index (Phi) is 6.22. The maximum absolute atomic E-state index is 12.7. The van der Waals surface area contributed by atoms with Gasteiger partial charge in [0.15, 0.2) is 0 Å². The van der Waals surface area contributed by atoms with Crippen LogP contribution in [-0.2, 0) is 10.0 Å². The van der Waals surface area contributed by atoms with Gasteiger partial charge in [-0.25, -0.2) is 8.42 Å². The topological polar surface area (TPSA) is 72.6 Å². The molecule has 0 aromatic heterocycles.